The van der Waals surface area contributed by atoms with E-state index in [4.69, 9.17) is 14.2 Å². The minimum absolute atomic E-state index is 0.00746. The molecular weight excluding hydrogens is 558 g/mol. The molecule has 3 aromatic rings. The number of anilines is 1. The summed E-state index contributed by atoms with van der Waals surface area (Å²) in [4.78, 5) is 28.7. The summed E-state index contributed by atoms with van der Waals surface area (Å²) in [6.45, 7) is 4.92. The van der Waals surface area contributed by atoms with E-state index in [1.165, 1.54) is 37.3 Å². The van der Waals surface area contributed by atoms with Gasteiger partial charge in [-0.1, -0.05) is 37.3 Å². The van der Waals surface area contributed by atoms with Crippen LogP contribution in [0, 0.1) is 0 Å². The maximum absolute atomic E-state index is 14.1. The number of nitrogens with one attached hydrogen (secondary N) is 1. The zero-order valence-electron chi connectivity index (χ0n) is 24.9. The molecule has 0 unspecified atom stereocenters. The van der Waals surface area contributed by atoms with Crippen LogP contribution in [-0.2, 0) is 26.2 Å². The topological polar surface area (TPSA) is 114 Å². The molecule has 0 aliphatic heterocycles. The Balaban J connectivity index is 2.09. The van der Waals surface area contributed by atoms with E-state index in [2.05, 4.69) is 5.32 Å². The highest BCUT2D eigenvalue weighted by molar-refractivity contribution is 7.92. The van der Waals surface area contributed by atoms with Gasteiger partial charge in [0.15, 0.2) is 0 Å². The molecule has 0 radical (unpaired) electrons. The first-order chi connectivity index (χ1) is 20.0. The Morgan fingerprint density at radius 3 is 2.05 bits per heavy atom. The molecule has 2 atom stereocenters. The molecule has 0 fully saturated rings. The van der Waals surface area contributed by atoms with Crippen LogP contribution in [0.5, 0.6) is 17.2 Å². The summed E-state index contributed by atoms with van der Waals surface area (Å²) < 4.78 is 45.2. The van der Waals surface area contributed by atoms with Gasteiger partial charge in [-0.15, -0.1) is 0 Å². The zero-order chi connectivity index (χ0) is 30.9. The fourth-order valence-electron chi connectivity index (χ4n) is 4.20. The maximum Gasteiger partial charge on any atom is 0.264 e. The molecule has 1 N–H and O–H groups in total. The normalized spacial score (nSPS) is 12.5. The number of rotatable bonds is 14. The summed E-state index contributed by atoms with van der Waals surface area (Å²) in [6, 6.07) is 18.6. The van der Waals surface area contributed by atoms with Crippen molar-refractivity contribution in [2.24, 2.45) is 0 Å². The lowest BCUT2D eigenvalue weighted by molar-refractivity contribution is -0.139. The lowest BCUT2D eigenvalue weighted by atomic mass is 10.1. The second kappa shape index (κ2) is 14.6. The van der Waals surface area contributed by atoms with Crippen LogP contribution in [0.25, 0.3) is 0 Å². The van der Waals surface area contributed by atoms with E-state index in [-0.39, 0.29) is 34.8 Å². The summed E-state index contributed by atoms with van der Waals surface area (Å²) in [6.07, 6.45) is 0.712. The van der Waals surface area contributed by atoms with Crippen LogP contribution in [0.1, 0.15) is 32.8 Å². The first kappa shape index (κ1) is 32.3. The lowest BCUT2D eigenvalue weighted by Gasteiger charge is -2.33. The number of sulfonamides is 1. The molecule has 0 saturated heterocycles. The van der Waals surface area contributed by atoms with E-state index >= 15 is 0 Å². The Kier molecular flexibility index (Phi) is 11.2. The van der Waals surface area contributed by atoms with Gasteiger partial charge in [-0.3, -0.25) is 13.9 Å². The number of carbonyl (C=O) groups is 2. The van der Waals surface area contributed by atoms with Gasteiger partial charge in [-0.2, -0.15) is 0 Å². The molecule has 3 aromatic carbocycles. The minimum atomic E-state index is -4.26. The van der Waals surface area contributed by atoms with Gasteiger partial charge in [0.25, 0.3) is 10.0 Å². The predicted octanol–water partition coefficient (Wildman–Crippen LogP) is 4.24. The number of hydrogen-bond donors (Lipinski definition) is 1. The Morgan fingerprint density at radius 1 is 0.857 bits per heavy atom. The third kappa shape index (κ3) is 7.73. The summed E-state index contributed by atoms with van der Waals surface area (Å²) in [5.41, 5.74) is 0.860. The summed E-state index contributed by atoms with van der Waals surface area (Å²) in [7, 11) is 0.172. The van der Waals surface area contributed by atoms with E-state index in [0.717, 1.165) is 9.87 Å². The number of benzene rings is 3. The first-order valence-corrected chi connectivity index (χ1v) is 15.0. The van der Waals surface area contributed by atoms with Crippen molar-refractivity contribution in [2.45, 2.75) is 50.7 Å². The highest BCUT2D eigenvalue weighted by atomic mass is 32.2. The molecule has 2 amide bonds. The first-order valence-electron chi connectivity index (χ1n) is 13.6. The largest absolute Gasteiger partial charge is 0.497 e. The average Bonchev–Trinajstić information content (AvgIpc) is 3.02. The molecule has 0 heterocycles. The molecule has 42 heavy (non-hydrogen) atoms. The molecule has 0 saturated carbocycles. The Hall–Kier alpha value is -4.25. The smallest absolute Gasteiger partial charge is 0.264 e. The number of methoxy groups -OCH3 is 3. The number of hydrogen-bond acceptors (Lipinski definition) is 7. The summed E-state index contributed by atoms with van der Waals surface area (Å²) >= 11 is 0. The van der Waals surface area contributed by atoms with Crippen LogP contribution in [0.4, 0.5) is 5.69 Å². The van der Waals surface area contributed by atoms with Crippen LogP contribution in [-0.4, -0.2) is 65.1 Å². The molecular formula is C31H39N3O7S. The molecule has 0 bridgehead atoms. The van der Waals surface area contributed by atoms with Gasteiger partial charge in [0.05, 0.1) is 31.9 Å². The summed E-state index contributed by atoms with van der Waals surface area (Å²) in [5.74, 6) is 0.323. The fourth-order valence-corrected chi connectivity index (χ4v) is 5.64. The van der Waals surface area contributed by atoms with Crippen molar-refractivity contribution in [3.8, 4) is 17.2 Å². The molecule has 10 nitrogen and oxygen atoms in total. The van der Waals surface area contributed by atoms with Crippen molar-refractivity contribution >= 4 is 27.5 Å². The third-order valence-electron chi connectivity index (χ3n) is 6.95. The van der Waals surface area contributed by atoms with Crippen LogP contribution in [0.3, 0.4) is 0 Å². The van der Waals surface area contributed by atoms with Gasteiger partial charge in [0.1, 0.15) is 29.8 Å². The van der Waals surface area contributed by atoms with Crippen LogP contribution < -0.4 is 23.8 Å². The van der Waals surface area contributed by atoms with Crippen molar-refractivity contribution in [1.29, 1.82) is 0 Å². The van der Waals surface area contributed by atoms with E-state index in [1.807, 2.05) is 13.8 Å². The van der Waals surface area contributed by atoms with Crippen molar-refractivity contribution in [2.75, 3.05) is 32.2 Å². The summed E-state index contributed by atoms with van der Waals surface area (Å²) in [5, 5.41) is 2.92. The zero-order valence-corrected chi connectivity index (χ0v) is 25.7. The van der Waals surface area contributed by atoms with Gasteiger partial charge < -0.3 is 24.4 Å². The second-order valence-electron chi connectivity index (χ2n) is 9.73. The molecule has 226 valence electrons. The van der Waals surface area contributed by atoms with Gasteiger partial charge in [-0.25, -0.2) is 8.42 Å². The molecule has 0 spiro atoms. The lowest BCUT2D eigenvalue weighted by Crippen LogP contribution is -2.52. The number of carbonyl (C=O) groups excluding carboxylic acids is 2. The predicted molar refractivity (Wildman–Crippen MR) is 161 cm³/mol. The number of ether oxygens (including phenoxy) is 3. The van der Waals surface area contributed by atoms with E-state index in [1.54, 1.807) is 68.6 Å². The van der Waals surface area contributed by atoms with Crippen molar-refractivity contribution < 1.29 is 32.2 Å². The number of amides is 2. The van der Waals surface area contributed by atoms with Crippen LogP contribution in [0.2, 0.25) is 0 Å². The highest BCUT2D eigenvalue weighted by Crippen LogP contribution is 2.36. The standard InChI is InChI=1S/C31H39N3O7S/c1-7-22(2)32-31(36)23(3)33(20-24-13-15-25(39-4)16-14-24)30(35)21-34(42(37,38)27-11-9-8-10-12-27)28-19-26(40-5)17-18-29(28)41-6/h8-19,22-23H,7,20-21H2,1-6H3,(H,32,36)/t22-,23+/m1/s1. The molecule has 0 aromatic heterocycles. The Morgan fingerprint density at radius 2 is 1.48 bits per heavy atom. The Bertz CT molecular complexity index is 1450. The van der Waals surface area contributed by atoms with Crippen molar-refractivity contribution in [3.05, 3.63) is 78.4 Å². The second-order valence-corrected chi connectivity index (χ2v) is 11.6. The maximum atomic E-state index is 14.1. The van der Waals surface area contributed by atoms with Crippen LogP contribution >= 0.6 is 0 Å². The molecule has 3 rings (SSSR count). The van der Waals surface area contributed by atoms with E-state index < -0.39 is 28.5 Å². The van der Waals surface area contributed by atoms with Gasteiger partial charge >= 0.3 is 0 Å². The van der Waals surface area contributed by atoms with Gasteiger partial charge in [0.2, 0.25) is 11.8 Å². The van der Waals surface area contributed by atoms with E-state index in [0.29, 0.717) is 17.9 Å². The molecule has 0 aliphatic rings. The van der Waals surface area contributed by atoms with Crippen LogP contribution in [0.15, 0.2) is 77.7 Å². The van der Waals surface area contributed by atoms with E-state index in [9.17, 15) is 18.0 Å². The minimum Gasteiger partial charge on any atom is -0.497 e. The van der Waals surface area contributed by atoms with Crippen molar-refractivity contribution in [1.82, 2.24) is 10.2 Å². The van der Waals surface area contributed by atoms with Gasteiger partial charge in [-0.05, 0) is 62.2 Å². The molecule has 0 aliphatic carbocycles. The Labute approximate surface area is 248 Å². The molecule has 11 heteroatoms. The quantitative estimate of drug-likeness (QED) is 0.296. The monoisotopic (exact) mass is 597 g/mol. The third-order valence-corrected chi connectivity index (χ3v) is 8.72. The highest BCUT2D eigenvalue weighted by Gasteiger charge is 2.34. The number of nitrogens with zero attached hydrogens (tertiary/aromatic N) is 2. The van der Waals surface area contributed by atoms with Gasteiger partial charge in [0, 0.05) is 18.7 Å². The fraction of sp³-hybridized carbons (Fsp3) is 0.355. The SMILES string of the molecule is CC[C@@H](C)NC(=O)[C@H](C)N(Cc1ccc(OC)cc1)C(=O)CN(c1cc(OC)ccc1OC)S(=O)(=O)c1ccccc1. The van der Waals surface area contributed by atoms with Crippen molar-refractivity contribution in [3.63, 3.8) is 0 Å². The average molecular weight is 598 g/mol.